The van der Waals surface area contributed by atoms with Crippen molar-refractivity contribution in [1.82, 2.24) is 15.2 Å². The zero-order chi connectivity index (χ0) is 18.1. The Morgan fingerprint density at radius 1 is 1.00 bits per heavy atom. The number of halogens is 2. The van der Waals surface area contributed by atoms with Gasteiger partial charge in [0, 0.05) is 37.4 Å². The molecule has 0 saturated carbocycles. The highest BCUT2D eigenvalue weighted by molar-refractivity contribution is 6.33. The van der Waals surface area contributed by atoms with E-state index in [1.165, 1.54) is 12.1 Å². The summed E-state index contributed by atoms with van der Waals surface area (Å²) in [6, 6.07) is 12.4. The smallest absolute Gasteiger partial charge is 0.340 e. The van der Waals surface area contributed by atoms with Crippen molar-refractivity contribution < 1.29 is 4.39 Å². The van der Waals surface area contributed by atoms with Gasteiger partial charge in [0.05, 0.1) is 10.7 Å². The Morgan fingerprint density at radius 3 is 2.31 bits per heavy atom. The fourth-order valence-corrected chi connectivity index (χ4v) is 3.47. The fraction of sp³-hybridized carbons (Fsp3) is 0.222. The molecule has 0 atom stereocenters. The quantitative estimate of drug-likeness (QED) is 0.740. The Kier molecular flexibility index (Phi) is 4.38. The van der Waals surface area contributed by atoms with Crippen LogP contribution in [0.2, 0.25) is 5.02 Å². The van der Waals surface area contributed by atoms with Crippen LogP contribution in [0.1, 0.15) is 0 Å². The summed E-state index contributed by atoms with van der Waals surface area (Å²) in [5.74, 6) is 0.202. The lowest BCUT2D eigenvalue weighted by Crippen LogP contribution is -2.46. The van der Waals surface area contributed by atoms with Crippen molar-refractivity contribution in [2.24, 2.45) is 0 Å². The molecule has 4 rings (SSSR count). The average molecular weight is 374 g/mol. The van der Waals surface area contributed by atoms with E-state index in [1.807, 2.05) is 24.3 Å². The Morgan fingerprint density at radius 2 is 1.69 bits per heavy atom. The highest BCUT2D eigenvalue weighted by atomic mass is 35.5. The van der Waals surface area contributed by atoms with Crippen LogP contribution < -0.4 is 15.5 Å². The third-order valence-electron chi connectivity index (χ3n) is 4.54. The van der Waals surface area contributed by atoms with Gasteiger partial charge in [0.15, 0.2) is 5.82 Å². The van der Waals surface area contributed by atoms with Crippen LogP contribution in [0, 0.1) is 5.82 Å². The maximum atomic E-state index is 13.2. The Balaban J connectivity index is 1.44. The average Bonchev–Trinajstić information content (AvgIpc) is 3.09. The van der Waals surface area contributed by atoms with E-state index >= 15 is 0 Å². The molecule has 1 aliphatic heterocycles. The van der Waals surface area contributed by atoms with Gasteiger partial charge < -0.3 is 9.80 Å². The van der Waals surface area contributed by atoms with E-state index in [-0.39, 0.29) is 11.5 Å². The molecule has 8 heteroatoms. The Hall–Kier alpha value is -2.80. The normalized spacial score (nSPS) is 14.7. The van der Waals surface area contributed by atoms with Gasteiger partial charge in [-0.15, -0.1) is 0 Å². The molecule has 0 aliphatic carbocycles. The third kappa shape index (κ3) is 3.30. The van der Waals surface area contributed by atoms with Gasteiger partial charge in [0.25, 0.3) is 0 Å². The second-order valence-corrected chi connectivity index (χ2v) is 6.55. The fourth-order valence-electron chi connectivity index (χ4n) is 3.18. The molecule has 2 aromatic carbocycles. The molecular weight excluding hydrogens is 357 g/mol. The number of anilines is 2. The molecule has 26 heavy (non-hydrogen) atoms. The van der Waals surface area contributed by atoms with Crippen LogP contribution in [-0.2, 0) is 0 Å². The molecule has 3 aromatic rings. The lowest BCUT2D eigenvalue weighted by Gasteiger charge is -2.37. The molecule has 1 fully saturated rings. The topological polar surface area (TPSA) is 68.0 Å². The van der Waals surface area contributed by atoms with Crippen molar-refractivity contribution in [3.8, 4) is 11.4 Å². The minimum Gasteiger partial charge on any atom is -0.368 e. The maximum absolute atomic E-state index is 13.2. The lowest BCUT2D eigenvalue weighted by molar-refractivity contribution is 0.625. The number of rotatable bonds is 3. The summed E-state index contributed by atoms with van der Waals surface area (Å²) in [4.78, 5) is 18.2. The number of nitrogens with one attached hydrogen (secondary N) is 2. The molecule has 2 heterocycles. The molecule has 6 nitrogen and oxygen atoms in total. The van der Waals surface area contributed by atoms with E-state index in [4.69, 9.17) is 11.6 Å². The van der Waals surface area contributed by atoms with Crippen LogP contribution in [0.5, 0.6) is 0 Å². The highest BCUT2D eigenvalue weighted by Gasteiger charge is 2.19. The number of H-pyrrole nitrogens is 2. The Labute approximate surface area is 154 Å². The number of piperazine rings is 1. The van der Waals surface area contributed by atoms with E-state index in [9.17, 15) is 9.18 Å². The van der Waals surface area contributed by atoms with Crippen molar-refractivity contribution in [3.63, 3.8) is 0 Å². The van der Waals surface area contributed by atoms with Crippen LogP contribution in [0.4, 0.5) is 15.8 Å². The minimum absolute atomic E-state index is 0.320. The van der Waals surface area contributed by atoms with Crippen LogP contribution in [-0.4, -0.2) is 41.4 Å². The van der Waals surface area contributed by atoms with Gasteiger partial charge in [0.2, 0.25) is 0 Å². The molecule has 0 amide bonds. The van der Waals surface area contributed by atoms with Gasteiger partial charge in [-0.2, -0.15) is 5.10 Å². The van der Waals surface area contributed by atoms with E-state index in [0.717, 1.165) is 43.1 Å². The van der Waals surface area contributed by atoms with E-state index in [1.54, 1.807) is 6.07 Å². The number of aromatic amines is 2. The first-order chi connectivity index (χ1) is 12.6. The first-order valence-corrected chi connectivity index (χ1v) is 8.68. The van der Waals surface area contributed by atoms with Crippen LogP contribution in [0.25, 0.3) is 11.4 Å². The number of aromatic nitrogens is 3. The van der Waals surface area contributed by atoms with Crippen LogP contribution >= 0.6 is 11.6 Å². The summed E-state index contributed by atoms with van der Waals surface area (Å²) in [6.45, 7) is 3.29. The number of hydrogen-bond donors (Lipinski definition) is 2. The molecule has 0 bridgehead atoms. The van der Waals surface area contributed by atoms with Gasteiger partial charge in [-0.1, -0.05) is 11.6 Å². The van der Waals surface area contributed by atoms with Crippen molar-refractivity contribution in [1.29, 1.82) is 0 Å². The van der Waals surface area contributed by atoms with Crippen molar-refractivity contribution in [2.45, 2.75) is 0 Å². The Bertz CT molecular complexity index is 960. The zero-order valence-electron chi connectivity index (χ0n) is 13.9. The summed E-state index contributed by atoms with van der Waals surface area (Å²) in [6.07, 6.45) is 0. The molecular formula is C18H17ClFN5O. The molecule has 0 unspecified atom stereocenters. The van der Waals surface area contributed by atoms with E-state index < -0.39 is 0 Å². The van der Waals surface area contributed by atoms with Gasteiger partial charge in [-0.3, -0.25) is 4.98 Å². The second-order valence-electron chi connectivity index (χ2n) is 6.14. The van der Waals surface area contributed by atoms with E-state index in [2.05, 4.69) is 25.0 Å². The zero-order valence-corrected chi connectivity index (χ0v) is 14.6. The predicted molar refractivity (Wildman–Crippen MR) is 100 cm³/mol. The van der Waals surface area contributed by atoms with Crippen molar-refractivity contribution >= 4 is 23.0 Å². The highest BCUT2D eigenvalue weighted by Crippen LogP contribution is 2.28. The predicted octanol–water partition coefficient (Wildman–Crippen LogP) is 2.88. The summed E-state index contributed by atoms with van der Waals surface area (Å²) < 4.78 is 13.2. The van der Waals surface area contributed by atoms with Crippen molar-refractivity contribution in [3.05, 3.63) is 63.8 Å². The van der Waals surface area contributed by atoms with Gasteiger partial charge in [0.1, 0.15) is 5.82 Å². The monoisotopic (exact) mass is 373 g/mol. The van der Waals surface area contributed by atoms with Crippen LogP contribution in [0.3, 0.4) is 0 Å². The molecule has 134 valence electrons. The largest absolute Gasteiger partial charge is 0.368 e. The SMILES string of the molecule is O=c1[nH]nc(-c2ccc(N3CCN(c4ccc(F)cc4Cl)CC3)cc2)[nH]1. The van der Waals surface area contributed by atoms with Gasteiger partial charge in [-0.05, 0) is 42.5 Å². The number of benzene rings is 2. The maximum Gasteiger partial charge on any atom is 0.340 e. The summed E-state index contributed by atoms with van der Waals surface area (Å²) >= 11 is 6.16. The summed E-state index contributed by atoms with van der Waals surface area (Å²) in [5.41, 5.74) is 2.51. The van der Waals surface area contributed by atoms with Gasteiger partial charge in [-0.25, -0.2) is 14.3 Å². The number of hydrogen-bond acceptors (Lipinski definition) is 4. The molecule has 1 aromatic heterocycles. The van der Waals surface area contributed by atoms with Gasteiger partial charge >= 0.3 is 5.69 Å². The summed E-state index contributed by atoms with van der Waals surface area (Å²) in [5, 5.41) is 6.74. The standard InChI is InChI=1S/C18H17ClFN5O/c19-15-11-13(20)3-6-16(15)25-9-7-24(8-10-25)14-4-1-12(2-5-14)17-21-18(26)23-22-17/h1-6,11H,7-10H2,(H2,21,22,23,26). The summed E-state index contributed by atoms with van der Waals surface area (Å²) in [7, 11) is 0. The first-order valence-electron chi connectivity index (χ1n) is 8.30. The molecule has 0 radical (unpaired) electrons. The lowest BCUT2D eigenvalue weighted by atomic mass is 10.1. The molecule has 1 aliphatic rings. The van der Waals surface area contributed by atoms with Crippen LogP contribution in [0.15, 0.2) is 47.3 Å². The molecule has 0 spiro atoms. The number of nitrogens with zero attached hydrogens (tertiary/aromatic N) is 3. The second kappa shape index (κ2) is 6.84. The third-order valence-corrected chi connectivity index (χ3v) is 4.84. The minimum atomic E-state index is -0.323. The first kappa shape index (κ1) is 16.7. The molecule has 1 saturated heterocycles. The van der Waals surface area contributed by atoms with E-state index in [0.29, 0.717) is 10.8 Å². The van der Waals surface area contributed by atoms with Crippen molar-refractivity contribution in [2.75, 3.05) is 36.0 Å². The molecule has 2 N–H and O–H groups in total.